The van der Waals surface area contributed by atoms with Crippen molar-refractivity contribution in [1.29, 1.82) is 0 Å². The van der Waals surface area contributed by atoms with Crippen molar-refractivity contribution in [3.8, 4) is 23.0 Å². The number of rotatable bonds is 8. The second kappa shape index (κ2) is 10.6. The molecule has 0 fully saturated rings. The highest BCUT2D eigenvalue weighted by molar-refractivity contribution is 5.51. The molecule has 1 aliphatic heterocycles. The highest BCUT2D eigenvalue weighted by atomic mass is 16.5. The van der Waals surface area contributed by atoms with Crippen molar-refractivity contribution in [3.63, 3.8) is 0 Å². The van der Waals surface area contributed by atoms with Crippen molar-refractivity contribution >= 4 is 0 Å². The average Bonchev–Trinajstić information content (AvgIpc) is 3.05. The van der Waals surface area contributed by atoms with Crippen LogP contribution in [-0.4, -0.2) is 44.5 Å². The minimum Gasteiger partial charge on any atom is -0.496 e. The maximum Gasteiger partial charge on any atom is 0.130 e. The molecule has 174 valence electrons. The molecule has 0 unspecified atom stereocenters. The number of ether oxygens (including phenoxy) is 4. The smallest absolute Gasteiger partial charge is 0.130 e. The average molecular weight is 450 g/mol. The third kappa shape index (κ3) is 5.41. The minimum absolute atomic E-state index is 0.573. The molecule has 0 bridgehead atoms. The Morgan fingerprint density at radius 1 is 0.939 bits per heavy atom. The summed E-state index contributed by atoms with van der Waals surface area (Å²) in [5.74, 6) is 3.00. The lowest BCUT2D eigenvalue weighted by Gasteiger charge is -2.23. The summed E-state index contributed by atoms with van der Waals surface area (Å²) in [4.78, 5) is 2.30. The van der Waals surface area contributed by atoms with Crippen LogP contribution < -0.4 is 18.9 Å². The SMILES string of the molecule is COc1cc(OC)c(CN2CCOc3ccc([C@@H](O)Cc4ccccc4)cc3C2)c(OC)c1. The number of nitrogens with zero attached hydrogens (tertiary/aromatic N) is 1. The Morgan fingerprint density at radius 3 is 2.33 bits per heavy atom. The van der Waals surface area contributed by atoms with Gasteiger partial charge in [-0.1, -0.05) is 36.4 Å². The fourth-order valence-electron chi connectivity index (χ4n) is 4.22. The first kappa shape index (κ1) is 23.0. The molecule has 0 amide bonds. The van der Waals surface area contributed by atoms with Crippen LogP contribution >= 0.6 is 0 Å². The van der Waals surface area contributed by atoms with Gasteiger partial charge in [-0.25, -0.2) is 0 Å². The van der Waals surface area contributed by atoms with Crippen molar-refractivity contribution in [3.05, 3.63) is 82.9 Å². The van der Waals surface area contributed by atoms with Crippen LogP contribution in [0, 0.1) is 0 Å². The first-order valence-electron chi connectivity index (χ1n) is 11.1. The van der Waals surface area contributed by atoms with Gasteiger partial charge < -0.3 is 24.1 Å². The Hall–Kier alpha value is -3.22. The molecule has 0 aliphatic carbocycles. The number of aliphatic hydroxyl groups is 1. The standard InChI is InChI=1S/C27H31NO5/c1-30-22-15-26(31-2)23(27(16-22)32-3)18-28-11-12-33-25-10-9-20(14-21(25)17-28)24(29)13-19-7-5-4-6-8-19/h4-10,14-16,24,29H,11-13,17-18H2,1-3H3/t24-/m0/s1. The number of aliphatic hydroxyl groups excluding tert-OH is 1. The fraction of sp³-hybridized carbons (Fsp3) is 0.333. The Labute approximate surface area is 195 Å². The maximum absolute atomic E-state index is 10.8. The minimum atomic E-state index is -0.573. The van der Waals surface area contributed by atoms with Crippen LogP contribution in [-0.2, 0) is 19.5 Å². The topological polar surface area (TPSA) is 60.4 Å². The summed E-state index contributed by atoms with van der Waals surface area (Å²) in [7, 11) is 4.93. The van der Waals surface area contributed by atoms with Crippen molar-refractivity contribution in [2.75, 3.05) is 34.5 Å². The van der Waals surface area contributed by atoms with E-state index in [-0.39, 0.29) is 0 Å². The van der Waals surface area contributed by atoms with E-state index in [1.54, 1.807) is 21.3 Å². The second-order valence-electron chi connectivity index (χ2n) is 8.14. The molecule has 1 atom stereocenters. The van der Waals surface area contributed by atoms with E-state index in [4.69, 9.17) is 18.9 Å². The molecule has 3 aromatic rings. The van der Waals surface area contributed by atoms with Crippen LogP contribution in [0.5, 0.6) is 23.0 Å². The summed E-state index contributed by atoms with van der Waals surface area (Å²) in [6, 6.07) is 19.8. The van der Waals surface area contributed by atoms with Gasteiger partial charge in [0.25, 0.3) is 0 Å². The molecular formula is C27H31NO5. The zero-order chi connectivity index (χ0) is 23.2. The highest BCUT2D eigenvalue weighted by Gasteiger charge is 2.21. The van der Waals surface area contributed by atoms with Gasteiger partial charge >= 0.3 is 0 Å². The van der Waals surface area contributed by atoms with Gasteiger partial charge in [0.15, 0.2) is 0 Å². The van der Waals surface area contributed by atoms with E-state index >= 15 is 0 Å². The summed E-state index contributed by atoms with van der Waals surface area (Å²) in [6.45, 7) is 2.67. The summed E-state index contributed by atoms with van der Waals surface area (Å²) < 4.78 is 22.6. The largest absolute Gasteiger partial charge is 0.496 e. The van der Waals surface area contributed by atoms with Crippen LogP contribution in [0.3, 0.4) is 0 Å². The fourth-order valence-corrected chi connectivity index (χ4v) is 4.22. The Balaban J connectivity index is 1.55. The normalized spacial score (nSPS) is 14.5. The van der Waals surface area contributed by atoms with Crippen LogP contribution in [0.4, 0.5) is 0 Å². The van der Waals surface area contributed by atoms with Crippen molar-refractivity contribution in [2.45, 2.75) is 25.6 Å². The first-order valence-corrected chi connectivity index (χ1v) is 11.1. The quantitative estimate of drug-likeness (QED) is 0.551. The lowest BCUT2D eigenvalue weighted by molar-refractivity contribution is 0.178. The van der Waals surface area contributed by atoms with Gasteiger partial charge in [-0.2, -0.15) is 0 Å². The third-order valence-corrected chi connectivity index (χ3v) is 6.00. The molecule has 1 aliphatic rings. The molecule has 0 aromatic heterocycles. The molecule has 4 rings (SSSR count). The molecule has 1 N–H and O–H groups in total. The maximum atomic E-state index is 10.8. The lowest BCUT2D eigenvalue weighted by Crippen LogP contribution is -2.25. The monoisotopic (exact) mass is 449 g/mol. The molecule has 6 nitrogen and oxygen atoms in total. The van der Waals surface area contributed by atoms with E-state index in [0.29, 0.717) is 31.9 Å². The van der Waals surface area contributed by atoms with Gasteiger partial charge in [0.05, 0.1) is 33.0 Å². The van der Waals surface area contributed by atoms with Gasteiger partial charge in [0.1, 0.15) is 29.6 Å². The Morgan fingerprint density at radius 2 is 1.67 bits per heavy atom. The number of hydrogen-bond acceptors (Lipinski definition) is 6. The van der Waals surface area contributed by atoms with Gasteiger partial charge in [-0.05, 0) is 23.3 Å². The van der Waals surface area contributed by atoms with Crippen molar-refractivity contribution in [2.24, 2.45) is 0 Å². The first-order chi connectivity index (χ1) is 16.1. The molecule has 3 aromatic carbocycles. The molecule has 0 spiro atoms. The number of benzene rings is 3. The van der Waals surface area contributed by atoms with Crippen LogP contribution in [0.2, 0.25) is 0 Å². The summed E-state index contributed by atoms with van der Waals surface area (Å²) >= 11 is 0. The lowest BCUT2D eigenvalue weighted by atomic mass is 9.99. The molecule has 0 saturated carbocycles. The molecule has 33 heavy (non-hydrogen) atoms. The van der Waals surface area contributed by atoms with E-state index < -0.39 is 6.10 Å². The summed E-state index contributed by atoms with van der Waals surface area (Å²) in [5, 5.41) is 10.8. The Bertz CT molecular complexity index is 1040. The zero-order valence-corrected chi connectivity index (χ0v) is 19.4. The van der Waals surface area contributed by atoms with Crippen molar-refractivity contribution < 1.29 is 24.1 Å². The predicted octanol–water partition coefficient (Wildman–Crippen LogP) is 4.38. The van der Waals surface area contributed by atoms with E-state index in [1.165, 1.54) is 0 Å². The van der Waals surface area contributed by atoms with E-state index in [9.17, 15) is 5.11 Å². The van der Waals surface area contributed by atoms with Crippen LogP contribution in [0.15, 0.2) is 60.7 Å². The number of hydrogen-bond donors (Lipinski definition) is 1. The molecule has 0 radical (unpaired) electrons. The van der Waals surface area contributed by atoms with Crippen LogP contribution in [0.25, 0.3) is 0 Å². The molecule has 0 saturated heterocycles. The molecular weight excluding hydrogens is 418 g/mol. The molecule has 1 heterocycles. The van der Waals surface area contributed by atoms with E-state index in [1.807, 2.05) is 54.6 Å². The van der Waals surface area contributed by atoms with Gasteiger partial charge in [-0.3, -0.25) is 4.90 Å². The number of fused-ring (bicyclic) bond motifs is 1. The zero-order valence-electron chi connectivity index (χ0n) is 19.4. The third-order valence-electron chi connectivity index (χ3n) is 6.00. The van der Waals surface area contributed by atoms with Gasteiger partial charge in [-0.15, -0.1) is 0 Å². The number of methoxy groups -OCH3 is 3. The van der Waals surface area contributed by atoms with Gasteiger partial charge in [0, 0.05) is 43.8 Å². The van der Waals surface area contributed by atoms with Crippen molar-refractivity contribution in [1.82, 2.24) is 4.90 Å². The summed E-state index contributed by atoms with van der Waals surface area (Å²) in [5.41, 5.74) is 4.02. The van der Waals surface area contributed by atoms with Gasteiger partial charge in [0.2, 0.25) is 0 Å². The Kier molecular flexibility index (Phi) is 7.37. The second-order valence-corrected chi connectivity index (χ2v) is 8.14. The van der Waals surface area contributed by atoms with E-state index in [2.05, 4.69) is 11.0 Å². The highest BCUT2D eigenvalue weighted by Crippen LogP contribution is 2.36. The van der Waals surface area contributed by atoms with Crippen LogP contribution in [0.1, 0.15) is 28.4 Å². The summed E-state index contributed by atoms with van der Waals surface area (Å²) in [6.07, 6.45) is 0.000871. The predicted molar refractivity (Wildman–Crippen MR) is 127 cm³/mol. The van der Waals surface area contributed by atoms with E-state index in [0.717, 1.165) is 46.0 Å². The molecule has 6 heteroatoms.